The summed E-state index contributed by atoms with van der Waals surface area (Å²) in [6, 6.07) is 5.61. The molecule has 0 radical (unpaired) electrons. The summed E-state index contributed by atoms with van der Waals surface area (Å²) in [6.07, 6.45) is 0.0420. The summed E-state index contributed by atoms with van der Waals surface area (Å²) in [4.78, 5) is 10.6. The summed E-state index contributed by atoms with van der Waals surface area (Å²) in [7, 11) is 0. The zero-order valence-corrected chi connectivity index (χ0v) is 10.2. The molecule has 2 aromatic rings. The molecule has 16 heavy (non-hydrogen) atoms. The molecule has 1 unspecified atom stereocenters. The van der Waals surface area contributed by atoms with Gasteiger partial charge in [-0.3, -0.25) is 4.79 Å². The van der Waals surface area contributed by atoms with Crippen molar-refractivity contribution in [1.82, 2.24) is 5.16 Å². The Kier molecular flexibility index (Phi) is 2.96. The third kappa shape index (κ3) is 2.09. The quantitative estimate of drug-likeness (QED) is 0.940. The van der Waals surface area contributed by atoms with Crippen molar-refractivity contribution in [3.8, 4) is 0 Å². The highest BCUT2D eigenvalue weighted by Gasteiger charge is 2.18. The molecule has 1 N–H and O–H groups in total. The lowest BCUT2D eigenvalue weighted by Crippen LogP contribution is -2.02. The number of carboxylic acids is 1. The van der Waals surface area contributed by atoms with E-state index in [0.717, 1.165) is 15.4 Å². The van der Waals surface area contributed by atoms with Crippen LogP contribution in [0, 0.1) is 0 Å². The molecule has 1 aromatic heterocycles. The van der Waals surface area contributed by atoms with E-state index in [1.807, 2.05) is 25.1 Å². The molecule has 2 rings (SSSR count). The molecule has 0 aliphatic carbocycles. The molecule has 1 heterocycles. The number of hydrogen-bond acceptors (Lipinski definition) is 3. The van der Waals surface area contributed by atoms with Gasteiger partial charge in [-0.1, -0.05) is 28.0 Å². The van der Waals surface area contributed by atoms with Crippen molar-refractivity contribution in [2.75, 3.05) is 0 Å². The highest BCUT2D eigenvalue weighted by molar-refractivity contribution is 9.10. The minimum absolute atomic E-state index is 0.0420. The van der Waals surface area contributed by atoms with Crippen LogP contribution in [0.2, 0.25) is 0 Å². The van der Waals surface area contributed by atoms with E-state index < -0.39 is 5.97 Å². The van der Waals surface area contributed by atoms with Gasteiger partial charge in [0.2, 0.25) is 0 Å². The molecule has 0 bridgehead atoms. The number of nitrogens with zero attached hydrogens (tertiary/aromatic N) is 1. The van der Waals surface area contributed by atoms with Gasteiger partial charge in [0.05, 0.1) is 6.42 Å². The first-order chi connectivity index (χ1) is 7.58. The van der Waals surface area contributed by atoms with E-state index in [4.69, 9.17) is 9.63 Å². The van der Waals surface area contributed by atoms with Gasteiger partial charge < -0.3 is 9.63 Å². The van der Waals surface area contributed by atoms with Crippen LogP contribution in [0.15, 0.2) is 27.2 Å². The molecule has 0 aliphatic heterocycles. The second-order valence-corrected chi connectivity index (χ2v) is 4.62. The Hall–Kier alpha value is -1.36. The molecule has 5 heteroatoms. The van der Waals surface area contributed by atoms with Crippen LogP contribution in [0.3, 0.4) is 0 Å². The first kappa shape index (κ1) is 11.1. The molecule has 0 aliphatic rings. The number of hydrogen-bond donors (Lipinski definition) is 1. The fraction of sp³-hybridized carbons (Fsp3) is 0.273. The minimum atomic E-state index is -0.839. The first-order valence-electron chi connectivity index (χ1n) is 4.84. The Labute approximate surface area is 100 Å². The van der Waals surface area contributed by atoms with E-state index >= 15 is 0 Å². The lowest BCUT2D eigenvalue weighted by atomic mass is 10.0. The second-order valence-electron chi connectivity index (χ2n) is 3.71. The molecular formula is C11H10BrNO3. The lowest BCUT2D eigenvalue weighted by molar-refractivity contribution is -0.137. The number of carbonyl (C=O) groups is 1. The van der Waals surface area contributed by atoms with Crippen LogP contribution >= 0.6 is 15.9 Å². The Morgan fingerprint density at radius 2 is 2.38 bits per heavy atom. The second kappa shape index (κ2) is 4.25. The SMILES string of the molecule is CC(CC(=O)O)c1onc2cc(Br)ccc12. The van der Waals surface area contributed by atoms with E-state index in [9.17, 15) is 4.79 Å². The van der Waals surface area contributed by atoms with Crippen LogP contribution < -0.4 is 0 Å². The smallest absolute Gasteiger partial charge is 0.304 e. The molecule has 0 amide bonds. The van der Waals surface area contributed by atoms with Crippen LogP contribution in [0.5, 0.6) is 0 Å². The summed E-state index contributed by atoms with van der Waals surface area (Å²) in [5.41, 5.74) is 0.738. The van der Waals surface area contributed by atoms with Gasteiger partial charge in [-0.05, 0) is 18.2 Å². The van der Waals surface area contributed by atoms with Gasteiger partial charge in [0.1, 0.15) is 11.3 Å². The van der Waals surface area contributed by atoms with Crippen LogP contribution in [0.1, 0.15) is 25.0 Å². The molecule has 4 nitrogen and oxygen atoms in total. The minimum Gasteiger partial charge on any atom is -0.481 e. The van der Waals surface area contributed by atoms with Crippen molar-refractivity contribution in [1.29, 1.82) is 0 Å². The third-order valence-corrected chi connectivity index (χ3v) is 2.89. The molecule has 1 atom stereocenters. The van der Waals surface area contributed by atoms with Crippen LogP contribution in [0.25, 0.3) is 10.9 Å². The lowest BCUT2D eigenvalue weighted by Gasteiger charge is -2.03. The molecule has 1 aromatic carbocycles. The maximum Gasteiger partial charge on any atom is 0.304 e. The van der Waals surface area contributed by atoms with Gasteiger partial charge in [-0.2, -0.15) is 0 Å². The van der Waals surface area contributed by atoms with Crippen molar-refractivity contribution in [2.24, 2.45) is 0 Å². The maximum absolute atomic E-state index is 10.6. The zero-order chi connectivity index (χ0) is 11.7. The standard InChI is InChI=1S/C11H10BrNO3/c1-6(4-10(14)15)11-8-3-2-7(12)5-9(8)13-16-11/h2-3,5-6H,4H2,1H3,(H,14,15). The molecule has 0 fully saturated rings. The summed E-state index contributed by atoms with van der Waals surface area (Å²) < 4.78 is 6.12. The van der Waals surface area contributed by atoms with Crippen molar-refractivity contribution < 1.29 is 14.4 Å². The molecule has 84 valence electrons. The average molecular weight is 284 g/mol. The van der Waals surface area contributed by atoms with Crippen molar-refractivity contribution in [3.05, 3.63) is 28.4 Å². The predicted octanol–water partition coefficient (Wildman–Crippen LogP) is 3.17. The number of fused-ring (bicyclic) bond motifs is 1. The van der Waals surface area contributed by atoms with Gasteiger partial charge in [-0.25, -0.2) is 0 Å². The summed E-state index contributed by atoms with van der Waals surface area (Å²) in [5, 5.41) is 13.5. The zero-order valence-electron chi connectivity index (χ0n) is 8.61. The number of benzene rings is 1. The largest absolute Gasteiger partial charge is 0.481 e. The van der Waals surface area contributed by atoms with Crippen LogP contribution in [-0.4, -0.2) is 16.2 Å². The molecule has 0 spiro atoms. The number of aromatic nitrogens is 1. The van der Waals surface area contributed by atoms with E-state index in [1.165, 1.54) is 0 Å². The van der Waals surface area contributed by atoms with Gasteiger partial charge in [-0.15, -0.1) is 0 Å². The van der Waals surface area contributed by atoms with Gasteiger partial charge >= 0.3 is 5.97 Å². The third-order valence-electron chi connectivity index (χ3n) is 2.40. The first-order valence-corrected chi connectivity index (χ1v) is 5.64. The normalized spacial score (nSPS) is 12.9. The fourth-order valence-electron chi connectivity index (χ4n) is 1.65. The highest BCUT2D eigenvalue weighted by atomic mass is 79.9. The maximum atomic E-state index is 10.6. The van der Waals surface area contributed by atoms with Crippen LogP contribution in [-0.2, 0) is 4.79 Å². The Bertz CT molecular complexity index is 535. The number of carboxylic acid groups (broad SMARTS) is 1. The highest BCUT2D eigenvalue weighted by Crippen LogP contribution is 2.29. The monoisotopic (exact) mass is 283 g/mol. The molecule has 0 saturated carbocycles. The average Bonchev–Trinajstić information content (AvgIpc) is 2.59. The Balaban J connectivity index is 2.41. The summed E-state index contributed by atoms with van der Waals surface area (Å²) >= 11 is 3.34. The number of aliphatic carboxylic acids is 1. The number of rotatable bonds is 3. The summed E-state index contributed by atoms with van der Waals surface area (Å²) in [5.74, 6) is -0.386. The Morgan fingerprint density at radius 1 is 1.62 bits per heavy atom. The van der Waals surface area contributed by atoms with Gasteiger partial charge in [0.15, 0.2) is 0 Å². The van der Waals surface area contributed by atoms with Crippen molar-refractivity contribution >= 4 is 32.8 Å². The molecular weight excluding hydrogens is 274 g/mol. The van der Waals surface area contributed by atoms with E-state index in [2.05, 4.69) is 21.1 Å². The van der Waals surface area contributed by atoms with Crippen LogP contribution in [0.4, 0.5) is 0 Å². The van der Waals surface area contributed by atoms with Gasteiger partial charge in [0, 0.05) is 15.8 Å². The molecule has 0 saturated heterocycles. The fourth-order valence-corrected chi connectivity index (χ4v) is 2.00. The van der Waals surface area contributed by atoms with Crippen molar-refractivity contribution in [3.63, 3.8) is 0 Å². The van der Waals surface area contributed by atoms with Crippen molar-refractivity contribution in [2.45, 2.75) is 19.3 Å². The summed E-state index contributed by atoms with van der Waals surface area (Å²) in [6.45, 7) is 1.82. The van der Waals surface area contributed by atoms with E-state index in [-0.39, 0.29) is 12.3 Å². The van der Waals surface area contributed by atoms with E-state index in [0.29, 0.717) is 5.76 Å². The number of halogens is 1. The van der Waals surface area contributed by atoms with E-state index in [1.54, 1.807) is 0 Å². The Morgan fingerprint density at radius 3 is 3.06 bits per heavy atom. The topological polar surface area (TPSA) is 63.3 Å². The predicted molar refractivity (Wildman–Crippen MR) is 62.4 cm³/mol. The van der Waals surface area contributed by atoms with Gasteiger partial charge in [0.25, 0.3) is 0 Å².